The Labute approximate surface area is 183 Å². The summed E-state index contributed by atoms with van der Waals surface area (Å²) >= 11 is 1.73. The minimum Gasteiger partial charge on any atom is -0.496 e. The highest BCUT2D eigenvalue weighted by Gasteiger charge is 2.51. The second kappa shape index (κ2) is 9.59. The first-order valence-electron chi connectivity index (χ1n) is 10.4. The maximum Gasteiger partial charge on any atom is 0.139 e. The molecule has 0 saturated heterocycles. The molecule has 2 saturated carbocycles. The van der Waals surface area contributed by atoms with Crippen LogP contribution in [0.2, 0.25) is 0 Å². The molecule has 4 rings (SSSR count). The zero-order chi connectivity index (χ0) is 19.5. The number of hydrogen-bond donors (Lipinski definition) is 1. The molecule has 2 aromatic heterocycles. The summed E-state index contributed by atoms with van der Waals surface area (Å²) in [6, 6.07) is 8.26. The van der Waals surface area contributed by atoms with Gasteiger partial charge in [-0.05, 0) is 62.2 Å². The van der Waals surface area contributed by atoms with Crippen LogP contribution in [0.1, 0.15) is 61.9 Å². The van der Waals surface area contributed by atoms with E-state index in [4.69, 9.17) is 9.72 Å². The predicted octanol–water partition coefficient (Wildman–Crippen LogP) is 5.30. The molecule has 2 fully saturated rings. The first-order valence-corrected chi connectivity index (χ1v) is 11.3. The zero-order valence-electron chi connectivity index (χ0n) is 17.1. The summed E-state index contributed by atoms with van der Waals surface area (Å²) in [6.07, 6.45) is 10.1. The van der Waals surface area contributed by atoms with Crippen LogP contribution in [0.4, 0.5) is 0 Å². The normalized spacial score (nSPS) is 23.1. The van der Waals surface area contributed by atoms with Crippen molar-refractivity contribution in [3.05, 3.63) is 46.4 Å². The lowest BCUT2D eigenvalue weighted by Crippen LogP contribution is -2.45. The summed E-state index contributed by atoms with van der Waals surface area (Å²) in [5.74, 6) is 1.47. The molecule has 1 atom stereocenters. The molecule has 1 spiro atoms. The summed E-state index contributed by atoms with van der Waals surface area (Å²) in [5, 5.41) is 5.68. The van der Waals surface area contributed by atoms with Crippen molar-refractivity contribution in [2.75, 3.05) is 13.7 Å². The van der Waals surface area contributed by atoms with E-state index in [1.165, 1.54) is 23.4 Å². The average molecular weight is 435 g/mol. The average Bonchev–Trinajstić information content (AvgIpc) is 3.39. The van der Waals surface area contributed by atoms with Gasteiger partial charge in [0.1, 0.15) is 11.5 Å². The number of carbonyl (C=O) groups excluding carboxylic acids is 1. The summed E-state index contributed by atoms with van der Waals surface area (Å²) < 4.78 is 5.42. The number of thiophene rings is 1. The Morgan fingerprint density at radius 3 is 2.76 bits per heavy atom. The smallest absolute Gasteiger partial charge is 0.139 e. The second-order valence-electron chi connectivity index (χ2n) is 8.42. The monoisotopic (exact) mass is 434 g/mol. The molecule has 158 valence electrons. The van der Waals surface area contributed by atoms with Gasteiger partial charge in [-0.2, -0.15) is 0 Å². The first kappa shape index (κ1) is 22.3. The lowest BCUT2D eigenvalue weighted by atomic mass is 9.58. The van der Waals surface area contributed by atoms with Crippen molar-refractivity contribution in [2.45, 2.75) is 63.3 Å². The van der Waals surface area contributed by atoms with Gasteiger partial charge in [0.15, 0.2) is 0 Å². The Morgan fingerprint density at radius 2 is 2.03 bits per heavy atom. The number of carbonyl (C=O) groups is 1. The second-order valence-corrected chi connectivity index (χ2v) is 9.42. The topological polar surface area (TPSA) is 51.2 Å². The molecule has 2 aromatic rings. The molecule has 0 radical (unpaired) electrons. The Hall–Kier alpha value is -1.43. The van der Waals surface area contributed by atoms with Crippen molar-refractivity contribution in [3.8, 4) is 5.75 Å². The van der Waals surface area contributed by atoms with Crippen molar-refractivity contribution >= 4 is 29.5 Å². The number of ketones is 1. The molecule has 0 amide bonds. The summed E-state index contributed by atoms with van der Waals surface area (Å²) in [7, 11) is 1.72. The Morgan fingerprint density at radius 1 is 1.21 bits per heavy atom. The highest BCUT2D eigenvalue weighted by molar-refractivity contribution is 7.10. The van der Waals surface area contributed by atoms with Crippen molar-refractivity contribution < 1.29 is 9.53 Å². The number of Topliss-reactive ketones (excluding diaryl/α,β-unsaturated/α-hetero) is 1. The van der Waals surface area contributed by atoms with Gasteiger partial charge < -0.3 is 10.1 Å². The minimum atomic E-state index is -0.0905. The largest absolute Gasteiger partial charge is 0.496 e. The van der Waals surface area contributed by atoms with Gasteiger partial charge in [0, 0.05) is 35.7 Å². The maximum absolute atomic E-state index is 12.8. The van der Waals surface area contributed by atoms with Gasteiger partial charge >= 0.3 is 0 Å². The quantitative estimate of drug-likeness (QED) is 0.600. The molecular formula is C23H31ClN2O2S. The summed E-state index contributed by atoms with van der Waals surface area (Å²) in [5.41, 5.74) is 1.09. The van der Waals surface area contributed by atoms with Crippen LogP contribution in [-0.4, -0.2) is 24.4 Å². The van der Waals surface area contributed by atoms with Crippen LogP contribution in [0.15, 0.2) is 35.8 Å². The number of ether oxygens (including phenoxy) is 1. The highest BCUT2D eigenvalue weighted by Crippen LogP contribution is 2.54. The van der Waals surface area contributed by atoms with Crippen LogP contribution >= 0.6 is 23.7 Å². The van der Waals surface area contributed by atoms with Gasteiger partial charge in [0.2, 0.25) is 0 Å². The van der Waals surface area contributed by atoms with E-state index < -0.39 is 0 Å². The van der Waals surface area contributed by atoms with Crippen LogP contribution in [0, 0.1) is 5.41 Å². The lowest BCUT2D eigenvalue weighted by molar-refractivity contribution is -0.133. The van der Waals surface area contributed by atoms with Crippen LogP contribution in [-0.2, 0) is 16.8 Å². The molecule has 0 aliphatic heterocycles. The third-order valence-corrected chi connectivity index (χ3v) is 7.76. The standard InChI is InChI=1S/C23H30N2O2S.ClH/c1-27-18-8-15-28-19(18)16-24-14-12-22(20-6-2-5-13-25-20)11-7-21(26)23(17-22)9-3-4-10-23;/h2,5-6,8,13,15,24H,3-4,7,9-12,14,16-17H2,1H3;1H/t22-;/m0./s1. The maximum atomic E-state index is 12.8. The van der Waals surface area contributed by atoms with Crippen LogP contribution < -0.4 is 10.1 Å². The molecule has 2 heterocycles. The number of rotatable bonds is 7. The fraction of sp³-hybridized carbons (Fsp3) is 0.565. The molecular weight excluding hydrogens is 404 g/mol. The highest BCUT2D eigenvalue weighted by atomic mass is 35.5. The number of hydrogen-bond acceptors (Lipinski definition) is 5. The molecule has 0 unspecified atom stereocenters. The molecule has 4 nitrogen and oxygen atoms in total. The van der Waals surface area contributed by atoms with E-state index in [2.05, 4.69) is 22.8 Å². The Balaban J connectivity index is 0.00000240. The summed E-state index contributed by atoms with van der Waals surface area (Å²) in [6.45, 7) is 1.74. The number of aromatic nitrogens is 1. The van der Waals surface area contributed by atoms with E-state index in [0.29, 0.717) is 12.2 Å². The molecule has 2 aliphatic rings. The van der Waals surface area contributed by atoms with E-state index in [0.717, 1.165) is 50.9 Å². The first-order chi connectivity index (χ1) is 13.7. The molecule has 0 bridgehead atoms. The molecule has 6 heteroatoms. The Kier molecular flexibility index (Phi) is 7.36. The third kappa shape index (κ3) is 4.52. The van der Waals surface area contributed by atoms with Crippen LogP contribution in [0.5, 0.6) is 5.75 Å². The van der Waals surface area contributed by atoms with Crippen molar-refractivity contribution in [2.24, 2.45) is 5.41 Å². The van der Waals surface area contributed by atoms with E-state index in [-0.39, 0.29) is 23.2 Å². The Bertz CT molecular complexity index is 804. The van der Waals surface area contributed by atoms with Gasteiger partial charge in [-0.1, -0.05) is 18.9 Å². The van der Waals surface area contributed by atoms with Gasteiger partial charge in [0.25, 0.3) is 0 Å². The number of pyridine rings is 1. The van der Waals surface area contributed by atoms with E-state index in [1.807, 2.05) is 18.3 Å². The van der Waals surface area contributed by atoms with Gasteiger partial charge in [-0.15, -0.1) is 23.7 Å². The van der Waals surface area contributed by atoms with E-state index in [9.17, 15) is 4.79 Å². The third-order valence-electron chi connectivity index (χ3n) is 6.86. The van der Waals surface area contributed by atoms with Crippen molar-refractivity contribution in [1.82, 2.24) is 10.3 Å². The van der Waals surface area contributed by atoms with E-state index >= 15 is 0 Å². The summed E-state index contributed by atoms with van der Waals surface area (Å²) in [4.78, 5) is 18.8. The number of halogens is 1. The van der Waals surface area contributed by atoms with E-state index in [1.54, 1.807) is 18.4 Å². The van der Waals surface area contributed by atoms with Gasteiger partial charge in [0.05, 0.1) is 12.0 Å². The van der Waals surface area contributed by atoms with Gasteiger partial charge in [-0.25, -0.2) is 0 Å². The molecule has 1 N–H and O–H groups in total. The zero-order valence-corrected chi connectivity index (χ0v) is 18.7. The molecule has 0 aromatic carbocycles. The number of nitrogens with zero attached hydrogens (tertiary/aromatic N) is 1. The van der Waals surface area contributed by atoms with Gasteiger partial charge in [-0.3, -0.25) is 9.78 Å². The molecule has 29 heavy (non-hydrogen) atoms. The van der Waals surface area contributed by atoms with Crippen molar-refractivity contribution in [1.29, 1.82) is 0 Å². The fourth-order valence-corrected chi connectivity index (χ4v) is 6.17. The molecule has 2 aliphatic carbocycles. The van der Waals surface area contributed by atoms with Crippen molar-refractivity contribution in [3.63, 3.8) is 0 Å². The van der Waals surface area contributed by atoms with Crippen LogP contribution in [0.25, 0.3) is 0 Å². The minimum absolute atomic E-state index is 0. The fourth-order valence-electron chi connectivity index (χ4n) is 5.37. The lowest BCUT2D eigenvalue weighted by Gasteiger charge is -2.45. The number of nitrogens with one attached hydrogen (secondary N) is 1. The van der Waals surface area contributed by atoms with Crippen LogP contribution in [0.3, 0.4) is 0 Å². The number of methoxy groups -OCH3 is 1. The SMILES string of the molecule is COc1ccsc1CNCC[C@@]1(c2ccccn2)CCC(=O)C2(CCCC2)C1.Cl. The predicted molar refractivity (Wildman–Crippen MR) is 120 cm³/mol.